The van der Waals surface area contributed by atoms with Crippen molar-refractivity contribution in [2.75, 3.05) is 7.11 Å². The van der Waals surface area contributed by atoms with Gasteiger partial charge in [0.1, 0.15) is 5.75 Å². The molecule has 0 aliphatic heterocycles. The molecule has 2 nitrogen and oxygen atoms in total. The number of hydrogen-bond donors (Lipinski definition) is 0. The van der Waals surface area contributed by atoms with Crippen molar-refractivity contribution >= 4 is 17.4 Å². The fourth-order valence-corrected chi connectivity index (χ4v) is 1.12. The number of carbonyl (C=O) groups excluding carboxylic acids is 1. The number of rotatable bonds is 3. The highest BCUT2D eigenvalue weighted by molar-refractivity contribution is 6.31. The molecule has 0 aliphatic carbocycles. The average molecular weight is 211 g/mol. The van der Waals surface area contributed by atoms with Gasteiger partial charge in [0, 0.05) is 16.7 Å². The van der Waals surface area contributed by atoms with E-state index in [1.54, 1.807) is 38.3 Å². The Labute approximate surface area is 88.1 Å². The second-order valence-corrected chi connectivity index (χ2v) is 3.42. The number of allylic oxidation sites excluding steroid dienone is 2. The quantitative estimate of drug-likeness (QED) is 0.566. The summed E-state index contributed by atoms with van der Waals surface area (Å²) in [5.74, 6) is 0.633. The molecule has 3 heteroatoms. The molecule has 0 saturated heterocycles. The van der Waals surface area contributed by atoms with Gasteiger partial charge in [0.25, 0.3) is 0 Å². The minimum Gasteiger partial charge on any atom is -0.497 e. The lowest BCUT2D eigenvalue weighted by Crippen LogP contribution is -1.94. The number of benzene rings is 1. The standard InChI is InChI=1S/C11H11ClO2/c1-8(12)7-11(13)9-3-5-10(14-2)6-4-9/h3-7H,1-2H3/b8-7-. The highest BCUT2D eigenvalue weighted by atomic mass is 35.5. The second kappa shape index (κ2) is 4.82. The fraction of sp³-hybridized carbons (Fsp3) is 0.182. The fourth-order valence-electron chi connectivity index (χ4n) is 1.02. The van der Waals surface area contributed by atoms with Crippen LogP contribution < -0.4 is 4.74 Å². The normalized spacial score (nSPS) is 11.2. The smallest absolute Gasteiger partial charge is 0.186 e. The van der Waals surface area contributed by atoms with E-state index in [0.29, 0.717) is 10.6 Å². The van der Waals surface area contributed by atoms with Crippen LogP contribution in [0.25, 0.3) is 0 Å². The van der Waals surface area contributed by atoms with E-state index in [9.17, 15) is 4.79 Å². The average Bonchev–Trinajstić information content (AvgIpc) is 2.17. The Hall–Kier alpha value is -1.28. The van der Waals surface area contributed by atoms with Gasteiger partial charge < -0.3 is 4.74 Å². The Bertz CT molecular complexity index is 348. The summed E-state index contributed by atoms with van der Waals surface area (Å²) in [6, 6.07) is 6.89. The third kappa shape index (κ3) is 2.89. The summed E-state index contributed by atoms with van der Waals surface area (Å²) in [5, 5.41) is 0.478. The zero-order valence-corrected chi connectivity index (χ0v) is 8.84. The van der Waals surface area contributed by atoms with Crippen LogP contribution in [0.3, 0.4) is 0 Å². The van der Waals surface area contributed by atoms with Crippen LogP contribution in [0.15, 0.2) is 35.4 Å². The van der Waals surface area contributed by atoms with Gasteiger partial charge in [0.15, 0.2) is 5.78 Å². The largest absolute Gasteiger partial charge is 0.497 e. The van der Waals surface area contributed by atoms with Crippen LogP contribution in [0, 0.1) is 0 Å². The van der Waals surface area contributed by atoms with Gasteiger partial charge in [0.2, 0.25) is 0 Å². The van der Waals surface area contributed by atoms with E-state index in [2.05, 4.69) is 0 Å². The molecular weight excluding hydrogens is 200 g/mol. The molecule has 14 heavy (non-hydrogen) atoms. The Balaban J connectivity index is 2.87. The van der Waals surface area contributed by atoms with Crippen LogP contribution in [-0.4, -0.2) is 12.9 Å². The summed E-state index contributed by atoms with van der Waals surface area (Å²) < 4.78 is 4.98. The number of methoxy groups -OCH3 is 1. The molecule has 0 unspecified atom stereocenters. The zero-order valence-electron chi connectivity index (χ0n) is 8.08. The molecule has 0 amide bonds. The molecule has 0 aromatic heterocycles. The summed E-state index contributed by atoms with van der Waals surface area (Å²) in [4.78, 5) is 11.5. The molecule has 0 atom stereocenters. The van der Waals surface area contributed by atoms with E-state index in [1.165, 1.54) is 6.08 Å². The van der Waals surface area contributed by atoms with Crippen LogP contribution in [0.1, 0.15) is 17.3 Å². The third-order valence-electron chi connectivity index (χ3n) is 1.70. The van der Waals surface area contributed by atoms with Gasteiger partial charge >= 0.3 is 0 Å². The molecule has 1 rings (SSSR count). The van der Waals surface area contributed by atoms with E-state index in [4.69, 9.17) is 16.3 Å². The van der Waals surface area contributed by atoms with Gasteiger partial charge in [-0.05, 0) is 31.2 Å². The molecule has 0 aliphatic rings. The van der Waals surface area contributed by atoms with Crippen LogP contribution in [0.5, 0.6) is 5.75 Å². The van der Waals surface area contributed by atoms with Gasteiger partial charge in [-0.25, -0.2) is 0 Å². The molecule has 0 radical (unpaired) electrons. The predicted molar refractivity (Wildman–Crippen MR) is 56.9 cm³/mol. The lowest BCUT2D eigenvalue weighted by Gasteiger charge is -1.99. The molecule has 1 aromatic rings. The summed E-state index contributed by atoms with van der Waals surface area (Å²) in [6.45, 7) is 1.67. The summed E-state index contributed by atoms with van der Waals surface area (Å²) in [5.41, 5.74) is 0.603. The Morgan fingerprint density at radius 1 is 1.36 bits per heavy atom. The molecule has 0 fully saturated rings. The van der Waals surface area contributed by atoms with Crippen LogP contribution in [0.2, 0.25) is 0 Å². The van der Waals surface area contributed by atoms with Crippen molar-refractivity contribution in [1.82, 2.24) is 0 Å². The van der Waals surface area contributed by atoms with E-state index in [1.807, 2.05) is 0 Å². The topological polar surface area (TPSA) is 26.3 Å². The Morgan fingerprint density at radius 2 is 1.93 bits per heavy atom. The monoisotopic (exact) mass is 210 g/mol. The van der Waals surface area contributed by atoms with Crippen molar-refractivity contribution in [1.29, 1.82) is 0 Å². The summed E-state index contributed by atoms with van der Waals surface area (Å²) in [7, 11) is 1.58. The maximum absolute atomic E-state index is 11.5. The molecule has 1 aromatic carbocycles. The Morgan fingerprint density at radius 3 is 2.36 bits per heavy atom. The minimum atomic E-state index is -0.0971. The molecule has 0 heterocycles. The number of halogens is 1. The van der Waals surface area contributed by atoms with Crippen molar-refractivity contribution in [2.45, 2.75) is 6.92 Å². The van der Waals surface area contributed by atoms with Crippen molar-refractivity contribution in [3.05, 3.63) is 40.9 Å². The molecule has 0 N–H and O–H groups in total. The highest BCUT2D eigenvalue weighted by Crippen LogP contribution is 2.13. The van der Waals surface area contributed by atoms with Gasteiger partial charge in [0.05, 0.1) is 7.11 Å². The maximum atomic E-state index is 11.5. The maximum Gasteiger partial charge on any atom is 0.186 e. The van der Waals surface area contributed by atoms with Crippen molar-refractivity contribution in [3.63, 3.8) is 0 Å². The van der Waals surface area contributed by atoms with Gasteiger partial charge in [-0.1, -0.05) is 11.6 Å². The number of hydrogen-bond acceptors (Lipinski definition) is 2. The zero-order chi connectivity index (χ0) is 10.6. The van der Waals surface area contributed by atoms with Crippen LogP contribution in [-0.2, 0) is 0 Å². The van der Waals surface area contributed by atoms with Crippen molar-refractivity contribution < 1.29 is 9.53 Å². The summed E-state index contributed by atoms with van der Waals surface area (Å²) in [6.07, 6.45) is 1.39. The van der Waals surface area contributed by atoms with Gasteiger partial charge in [-0.2, -0.15) is 0 Å². The molecule has 0 bridgehead atoms. The predicted octanol–water partition coefficient (Wildman–Crippen LogP) is 3.02. The van der Waals surface area contributed by atoms with Crippen molar-refractivity contribution in [2.24, 2.45) is 0 Å². The van der Waals surface area contributed by atoms with Crippen molar-refractivity contribution in [3.8, 4) is 5.75 Å². The van der Waals surface area contributed by atoms with E-state index in [0.717, 1.165) is 5.75 Å². The SMILES string of the molecule is COc1ccc(C(=O)/C=C(/C)Cl)cc1. The number of ether oxygens (including phenoxy) is 1. The molecule has 0 spiro atoms. The van der Waals surface area contributed by atoms with E-state index >= 15 is 0 Å². The molecular formula is C11H11ClO2. The number of carbonyl (C=O) groups is 1. The first-order chi connectivity index (χ1) is 6.63. The highest BCUT2D eigenvalue weighted by Gasteiger charge is 2.02. The molecule has 74 valence electrons. The minimum absolute atomic E-state index is 0.0971. The van der Waals surface area contributed by atoms with Gasteiger partial charge in [-0.3, -0.25) is 4.79 Å². The third-order valence-corrected chi connectivity index (χ3v) is 1.81. The van der Waals surface area contributed by atoms with E-state index in [-0.39, 0.29) is 5.78 Å². The van der Waals surface area contributed by atoms with Crippen LogP contribution in [0.4, 0.5) is 0 Å². The summed E-state index contributed by atoms with van der Waals surface area (Å²) >= 11 is 5.60. The lowest BCUT2D eigenvalue weighted by molar-refractivity contribution is 0.104. The molecule has 0 saturated carbocycles. The lowest BCUT2D eigenvalue weighted by atomic mass is 10.1. The first-order valence-electron chi connectivity index (χ1n) is 4.15. The first kappa shape index (κ1) is 10.8. The second-order valence-electron chi connectivity index (χ2n) is 2.82. The first-order valence-corrected chi connectivity index (χ1v) is 4.53. The van der Waals surface area contributed by atoms with Gasteiger partial charge in [-0.15, -0.1) is 0 Å². The Kier molecular flexibility index (Phi) is 3.72. The van der Waals surface area contributed by atoms with Crippen LogP contribution >= 0.6 is 11.6 Å². The number of ketones is 1. The van der Waals surface area contributed by atoms with E-state index < -0.39 is 0 Å².